The largest absolute Gasteiger partial charge is 0.387 e. The Labute approximate surface area is 183 Å². The maximum absolute atomic E-state index is 5.53. The van der Waals surface area contributed by atoms with Crippen LogP contribution in [0.1, 0.15) is 42.0 Å². The van der Waals surface area contributed by atoms with Crippen LogP contribution in [0, 0.1) is 27.7 Å². The summed E-state index contributed by atoms with van der Waals surface area (Å²) in [5, 5.41) is 13.0. The average molecular weight is 433 g/mol. The summed E-state index contributed by atoms with van der Waals surface area (Å²) in [5.74, 6) is 0. The first kappa shape index (κ1) is 22.1. The maximum atomic E-state index is 5.53. The Morgan fingerprint density at radius 1 is 1.07 bits per heavy atom. The quantitative estimate of drug-likeness (QED) is 0.606. The van der Waals surface area contributed by atoms with Crippen LogP contribution in [0.2, 0.25) is 0 Å². The van der Waals surface area contributed by atoms with Gasteiger partial charge in [0.2, 0.25) is 0 Å². The SMILES string of the molecule is CSC(=S)C1=C(NCCN(Cn2nc(C)cc2C)Cn2nc(C)cc2C)CCC1. The predicted octanol–water partition coefficient (Wildman–Crippen LogP) is 3.95. The summed E-state index contributed by atoms with van der Waals surface area (Å²) in [4.78, 5) is 2.38. The molecule has 0 amide bonds. The molecule has 1 aliphatic carbocycles. The molecule has 0 saturated heterocycles. The molecule has 0 bridgehead atoms. The number of thiocarbonyl (C=S) groups is 1. The number of aryl methyl sites for hydroxylation is 4. The van der Waals surface area contributed by atoms with E-state index in [2.05, 4.69) is 62.0 Å². The van der Waals surface area contributed by atoms with Crippen molar-refractivity contribution in [2.45, 2.75) is 60.3 Å². The van der Waals surface area contributed by atoms with Crippen LogP contribution in [0.5, 0.6) is 0 Å². The normalized spacial score (nSPS) is 14.3. The summed E-state index contributed by atoms with van der Waals surface area (Å²) in [7, 11) is 0. The molecule has 29 heavy (non-hydrogen) atoms. The second kappa shape index (κ2) is 9.91. The van der Waals surface area contributed by atoms with Crippen molar-refractivity contribution < 1.29 is 0 Å². The van der Waals surface area contributed by atoms with Crippen LogP contribution >= 0.6 is 24.0 Å². The first-order valence-corrected chi connectivity index (χ1v) is 11.8. The van der Waals surface area contributed by atoms with Gasteiger partial charge < -0.3 is 5.32 Å². The summed E-state index contributed by atoms with van der Waals surface area (Å²) in [6.45, 7) is 11.6. The van der Waals surface area contributed by atoms with Crippen molar-refractivity contribution in [1.82, 2.24) is 29.8 Å². The molecule has 2 aromatic rings. The van der Waals surface area contributed by atoms with Crippen molar-refractivity contribution in [3.05, 3.63) is 46.2 Å². The Morgan fingerprint density at radius 3 is 2.14 bits per heavy atom. The maximum Gasteiger partial charge on any atom is 0.0946 e. The molecule has 0 radical (unpaired) electrons. The molecule has 0 saturated carbocycles. The summed E-state index contributed by atoms with van der Waals surface area (Å²) in [6, 6.07) is 4.25. The van der Waals surface area contributed by atoms with Crippen LogP contribution < -0.4 is 5.32 Å². The van der Waals surface area contributed by atoms with Gasteiger partial charge in [-0.15, -0.1) is 11.8 Å². The number of rotatable bonds is 9. The molecule has 158 valence electrons. The topological polar surface area (TPSA) is 50.9 Å². The molecular formula is C21H32N6S2. The fraction of sp³-hybridized carbons (Fsp3) is 0.571. The van der Waals surface area contributed by atoms with Crippen molar-refractivity contribution >= 4 is 28.2 Å². The lowest BCUT2D eigenvalue weighted by atomic mass is 10.2. The van der Waals surface area contributed by atoms with Crippen molar-refractivity contribution in [2.24, 2.45) is 0 Å². The van der Waals surface area contributed by atoms with Crippen LogP contribution in [0.15, 0.2) is 23.4 Å². The van der Waals surface area contributed by atoms with Gasteiger partial charge in [-0.25, -0.2) is 0 Å². The zero-order chi connectivity index (χ0) is 21.0. The van der Waals surface area contributed by atoms with Gasteiger partial charge in [0.25, 0.3) is 0 Å². The molecular weight excluding hydrogens is 400 g/mol. The monoisotopic (exact) mass is 432 g/mol. The highest BCUT2D eigenvalue weighted by Gasteiger charge is 2.18. The van der Waals surface area contributed by atoms with Gasteiger partial charge in [0.05, 0.1) is 28.9 Å². The molecule has 0 atom stereocenters. The lowest BCUT2D eigenvalue weighted by Gasteiger charge is -2.24. The number of thioether (sulfide) groups is 1. The summed E-state index contributed by atoms with van der Waals surface area (Å²) < 4.78 is 5.18. The lowest BCUT2D eigenvalue weighted by Crippen LogP contribution is -2.36. The van der Waals surface area contributed by atoms with Crippen molar-refractivity contribution in [1.29, 1.82) is 0 Å². The van der Waals surface area contributed by atoms with E-state index in [1.54, 1.807) is 11.8 Å². The molecule has 8 heteroatoms. The fourth-order valence-electron chi connectivity index (χ4n) is 3.85. The minimum absolute atomic E-state index is 0.745. The van der Waals surface area contributed by atoms with Crippen LogP contribution in [-0.4, -0.2) is 48.0 Å². The third-order valence-electron chi connectivity index (χ3n) is 5.29. The van der Waals surface area contributed by atoms with Gasteiger partial charge in [0.15, 0.2) is 0 Å². The van der Waals surface area contributed by atoms with Crippen molar-refractivity contribution in [3.63, 3.8) is 0 Å². The molecule has 0 unspecified atom stereocenters. The van der Waals surface area contributed by atoms with Crippen LogP contribution in [0.4, 0.5) is 0 Å². The molecule has 1 aliphatic rings. The highest BCUT2D eigenvalue weighted by atomic mass is 32.2. The van der Waals surface area contributed by atoms with E-state index in [4.69, 9.17) is 12.2 Å². The number of hydrogen-bond donors (Lipinski definition) is 1. The number of nitrogens with one attached hydrogen (secondary N) is 1. The minimum atomic E-state index is 0.745. The Morgan fingerprint density at radius 2 is 1.66 bits per heavy atom. The molecule has 1 N–H and O–H groups in total. The second-order valence-electron chi connectivity index (χ2n) is 7.76. The highest BCUT2D eigenvalue weighted by molar-refractivity contribution is 8.23. The van der Waals surface area contributed by atoms with E-state index in [0.29, 0.717) is 0 Å². The van der Waals surface area contributed by atoms with Gasteiger partial charge in [-0.05, 0) is 70.9 Å². The third kappa shape index (κ3) is 5.71. The van der Waals surface area contributed by atoms with E-state index in [9.17, 15) is 0 Å². The second-order valence-corrected chi connectivity index (χ2v) is 9.24. The van der Waals surface area contributed by atoms with Crippen LogP contribution in [0.25, 0.3) is 0 Å². The lowest BCUT2D eigenvalue weighted by molar-refractivity contribution is 0.152. The molecule has 3 rings (SSSR count). The molecule has 0 spiro atoms. The molecule has 0 aromatic carbocycles. The number of allylic oxidation sites excluding steroid dienone is 1. The van der Waals surface area contributed by atoms with Gasteiger partial charge >= 0.3 is 0 Å². The Kier molecular flexibility index (Phi) is 7.54. The van der Waals surface area contributed by atoms with Gasteiger partial charge in [0.1, 0.15) is 0 Å². The van der Waals surface area contributed by atoms with Gasteiger partial charge in [-0.1, -0.05) is 12.2 Å². The summed E-state index contributed by atoms with van der Waals surface area (Å²) in [6.07, 6.45) is 5.46. The highest BCUT2D eigenvalue weighted by Crippen LogP contribution is 2.28. The van der Waals surface area contributed by atoms with Gasteiger partial charge in [-0.2, -0.15) is 10.2 Å². The van der Waals surface area contributed by atoms with E-state index >= 15 is 0 Å². The third-order valence-corrected chi connectivity index (χ3v) is 6.65. The first-order valence-electron chi connectivity index (χ1n) is 10.2. The number of nitrogens with zero attached hydrogens (tertiary/aromatic N) is 5. The zero-order valence-electron chi connectivity index (χ0n) is 18.2. The van der Waals surface area contributed by atoms with E-state index in [-0.39, 0.29) is 0 Å². The first-order chi connectivity index (χ1) is 13.9. The smallest absolute Gasteiger partial charge is 0.0946 e. The zero-order valence-corrected chi connectivity index (χ0v) is 19.8. The Bertz CT molecular complexity index is 847. The van der Waals surface area contributed by atoms with E-state index < -0.39 is 0 Å². The van der Waals surface area contributed by atoms with Gasteiger partial charge in [0, 0.05) is 30.2 Å². The Balaban J connectivity index is 1.68. The van der Waals surface area contributed by atoms with Crippen molar-refractivity contribution in [3.8, 4) is 0 Å². The summed E-state index contributed by atoms with van der Waals surface area (Å²) in [5.41, 5.74) is 7.15. The molecule has 2 aromatic heterocycles. The molecule has 0 fully saturated rings. The van der Waals surface area contributed by atoms with E-state index in [1.807, 2.05) is 13.8 Å². The summed E-state index contributed by atoms with van der Waals surface area (Å²) >= 11 is 7.21. The van der Waals surface area contributed by atoms with Crippen LogP contribution in [0.3, 0.4) is 0 Å². The minimum Gasteiger partial charge on any atom is -0.387 e. The van der Waals surface area contributed by atoms with Crippen molar-refractivity contribution in [2.75, 3.05) is 19.3 Å². The fourth-order valence-corrected chi connectivity index (χ4v) is 4.55. The number of hydrogen-bond acceptors (Lipinski definition) is 6. The van der Waals surface area contributed by atoms with E-state index in [0.717, 1.165) is 54.9 Å². The van der Waals surface area contributed by atoms with Gasteiger partial charge in [-0.3, -0.25) is 14.3 Å². The van der Waals surface area contributed by atoms with E-state index in [1.165, 1.54) is 29.1 Å². The average Bonchev–Trinajstić information content (AvgIpc) is 3.34. The Hall–Kier alpha value is -1.64. The molecule has 6 nitrogen and oxygen atoms in total. The molecule has 2 heterocycles. The predicted molar refractivity (Wildman–Crippen MR) is 125 cm³/mol. The standard InChI is InChI=1S/C21H32N6S2/c1-15-11-17(3)26(23-15)13-25(14-27-18(4)12-16(2)24-27)10-9-22-20-8-6-7-19(20)21(28)29-5/h11-12,22H,6-10,13-14H2,1-5H3. The molecule has 0 aliphatic heterocycles. The van der Waals surface area contributed by atoms with Crippen LogP contribution in [-0.2, 0) is 13.3 Å². The number of aromatic nitrogens is 4.